The Balaban J connectivity index is 2.05. The molecule has 11 heteroatoms. The number of ether oxygens (including phenoxy) is 2. The number of hydrogen-bond donors (Lipinski definition) is 1. The van der Waals surface area contributed by atoms with Gasteiger partial charge in [0.1, 0.15) is 6.07 Å². The Morgan fingerprint density at radius 1 is 1.31 bits per heavy atom. The maximum atomic E-state index is 13.4. The van der Waals surface area contributed by atoms with Crippen molar-refractivity contribution in [3.8, 4) is 6.07 Å². The number of carbonyl (C=O) groups is 3. The highest BCUT2D eigenvalue weighted by atomic mass is 32.2. The Morgan fingerprint density at radius 2 is 2.00 bits per heavy atom. The van der Waals surface area contributed by atoms with Gasteiger partial charge in [0.15, 0.2) is 21.9 Å². The van der Waals surface area contributed by atoms with E-state index < -0.39 is 57.2 Å². The standard InChI is InChI=1S/C21H25N3O7S/c1-14-3-2-4-15(11-14)32(28,29)16-12-17(18(25)24-6-9-30-10-7-24)21(13-16,19(23)26)20(27)31-8-5-22/h2-4,11,16-17H,6-10,12-13H2,1H3,(H2,23,26)/t16-,17+,21-/m1/s1. The number of aryl methyl sites for hydroxylation is 1. The number of nitrogens with two attached hydrogens (primary N) is 1. The molecule has 10 nitrogen and oxygen atoms in total. The molecule has 2 fully saturated rings. The molecule has 0 radical (unpaired) electrons. The smallest absolute Gasteiger partial charge is 0.323 e. The van der Waals surface area contributed by atoms with Crippen molar-refractivity contribution in [1.29, 1.82) is 5.26 Å². The summed E-state index contributed by atoms with van der Waals surface area (Å²) < 4.78 is 36.9. The van der Waals surface area contributed by atoms with E-state index in [2.05, 4.69) is 0 Å². The number of rotatable bonds is 6. The van der Waals surface area contributed by atoms with Gasteiger partial charge in [-0.2, -0.15) is 5.26 Å². The minimum absolute atomic E-state index is 0.0331. The van der Waals surface area contributed by atoms with Gasteiger partial charge in [0.2, 0.25) is 11.8 Å². The molecule has 1 saturated heterocycles. The third kappa shape index (κ3) is 4.20. The highest BCUT2D eigenvalue weighted by Crippen LogP contribution is 2.49. The van der Waals surface area contributed by atoms with E-state index in [1.165, 1.54) is 17.0 Å². The normalized spacial score (nSPS) is 25.7. The van der Waals surface area contributed by atoms with Gasteiger partial charge in [-0.1, -0.05) is 12.1 Å². The summed E-state index contributed by atoms with van der Waals surface area (Å²) >= 11 is 0. The second-order valence-electron chi connectivity index (χ2n) is 7.98. The molecular weight excluding hydrogens is 438 g/mol. The summed E-state index contributed by atoms with van der Waals surface area (Å²) in [5.74, 6) is -4.18. The van der Waals surface area contributed by atoms with Crippen LogP contribution in [0.3, 0.4) is 0 Å². The summed E-state index contributed by atoms with van der Waals surface area (Å²) in [6, 6.07) is 7.89. The van der Waals surface area contributed by atoms with Crippen LogP contribution in [0.4, 0.5) is 0 Å². The third-order valence-corrected chi connectivity index (χ3v) is 8.24. The van der Waals surface area contributed by atoms with Crippen LogP contribution in [0.15, 0.2) is 29.2 Å². The fourth-order valence-electron chi connectivity index (χ4n) is 4.41. The van der Waals surface area contributed by atoms with Gasteiger partial charge in [-0.25, -0.2) is 8.42 Å². The van der Waals surface area contributed by atoms with E-state index in [4.69, 9.17) is 20.5 Å². The van der Waals surface area contributed by atoms with Crippen LogP contribution in [0.2, 0.25) is 0 Å². The number of carbonyl (C=O) groups excluding carboxylic acids is 3. The summed E-state index contributed by atoms with van der Waals surface area (Å²) in [5, 5.41) is 7.58. The predicted molar refractivity (Wildman–Crippen MR) is 110 cm³/mol. The zero-order valence-corrected chi connectivity index (χ0v) is 18.5. The van der Waals surface area contributed by atoms with E-state index in [1.807, 2.05) is 0 Å². The van der Waals surface area contributed by atoms with Gasteiger partial charge in [-0.3, -0.25) is 14.4 Å². The van der Waals surface area contributed by atoms with Crippen LogP contribution in [0.1, 0.15) is 18.4 Å². The first-order valence-electron chi connectivity index (χ1n) is 10.2. The van der Waals surface area contributed by atoms with Gasteiger partial charge in [-0.05, 0) is 37.5 Å². The largest absolute Gasteiger partial charge is 0.449 e. The molecule has 0 unspecified atom stereocenters. The summed E-state index contributed by atoms with van der Waals surface area (Å²) in [5.41, 5.74) is 4.15. The zero-order chi connectivity index (χ0) is 23.5. The lowest BCUT2D eigenvalue weighted by Crippen LogP contribution is -2.54. The van der Waals surface area contributed by atoms with Crippen molar-refractivity contribution >= 4 is 27.6 Å². The maximum absolute atomic E-state index is 13.4. The molecule has 0 aromatic heterocycles. The lowest BCUT2D eigenvalue weighted by atomic mass is 9.76. The predicted octanol–water partition coefficient (Wildman–Crippen LogP) is -0.0554. The molecule has 0 bridgehead atoms. The van der Waals surface area contributed by atoms with Crippen molar-refractivity contribution in [2.45, 2.75) is 29.9 Å². The van der Waals surface area contributed by atoms with E-state index >= 15 is 0 Å². The number of sulfone groups is 1. The molecule has 2 N–H and O–H groups in total. The molecule has 1 aromatic carbocycles. The summed E-state index contributed by atoms with van der Waals surface area (Å²) in [6.07, 6.45) is -0.763. The van der Waals surface area contributed by atoms with Crippen LogP contribution in [0, 0.1) is 29.6 Å². The van der Waals surface area contributed by atoms with Crippen LogP contribution in [-0.2, 0) is 33.7 Å². The summed E-state index contributed by atoms with van der Waals surface area (Å²) in [7, 11) is -3.99. The van der Waals surface area contributed by atoms with E-state index in [0.717, 1.165) is 5.56 Å². The minimum atomic E-state index is -3.99. The average Bonchev–Trinajstić information content (AvgIpc) is 3.20. The first-order valence-corrected chi connectivity index (χ1v) is 11.7. The minimum Gasteiger partial charge on any atom is -0.449 e. The molecule has 3 atom stereocenters. The van der Waals surface area contributed by atoms with Crippen molar-refractivity contribution in [2.75, 3.05) is 32.9 Å². The fraction of sp³-hybridized carbons (Fsp3) is 0.524. The molecule has 1 saturated carbocycles. The Hall–Kier alpha value is -2.97. The number of benzene rings is 1. The monoisotopic (exact) mass is 463 g/mol. The number of nitriles is 1. The second kappa shape index (κ2) is 9.26. The topological polar surface area (TPSA) is 157 Å². The molecule has 0 spiro atoms. The van der Waals surface area contributed by atoms with Gasteiger partial charge in [0.05, 0.1) is 29.3 Å². The van der Waals surface area contributed by atoms with Crippen molar-refractivity contribution < 1.29 is 32.3 Å². The number of nitrogens with zero attached hydrogens (tertiary/aromatic N) is 2. The maximum Gasteiger partial charge on any atom is 0.323 e. The van der Waals surface area contributed by atoms with Gasteiger partial charge >= 0.3 is 5.97 Å². The van der Waals surface area contributed by atoms with Gasteiger partial charge < -0.3 is 20.1 Å². The van der Waals surface area contributed by atoms with Crippen LogP contribution in [0.5, 0.6) is 0 Å². The highest BCUT2D eigenvalue weighted by molar-refractivity contribution is 7.92. The Morgan fingerprint density at radius 3 is 2.59 bits per heavy atom. The second-order valence-corrected chi connectivity index (χ2v) is 10.2. The Labute approximate surface area is 186 Å². The summed E-state index contributed by atoms with van der Waals surface area (Å²) in [6.45, 7) is 2.14. The number of amides is 2. The first-order chi connectivity index (χ1) is 15.1. The lowest BCUT2D eigenvalue weighted by Gasteiger charge is -2.34. The number of esters is 1. The number of morpholine rings is 1. The zero-order valence-electron chi connectivity index (χ0n) is 17.7. The van der Waals surface area contributed by atoms with E-state index in [9.17, 15) is 22.8 Å². The fourth-order valence-corrected chi connectivity index (χ4v) is 6.34. The van der Waals surface area contributed by atoms with Crippen LogP contribution in [-0.4, -0.2) is 69.3 Å². The average molecular weight is 464 g/mol. The molecule has 1 aliphatic carbocycles. The highest BCUT2D eigenvalue weighted by Gasteiger charge is 2.63. The molecule has 1 aliphatic heterocycles. The Bertz CT molecular complexity index is 1060. The SMILES string of the molecule is Cc1cccc(S(=O)(=O)[C@@H]2C[C@@H](C(=O)N3CCOCC3)[C@](C(N)=O)(C(=O)OCC#N)C2)c1. The van der Waals surface area contributed by atoms with Crippen LogP contribution >= 0.6 is 0 Å². The molecule has 2 amide bonds. The summed E-state index contributed by atoms with van der Waals surface area (Å²) in [4.78, 5) is 40.4. The quantitative estimate of drug-likeness (QED) is 0.454. The van der Waals surface area contributed by atoms with E-state index in [1.54, 1.807) is 25.1 Å². The van der Waals surface area contributed by atoms with E-state index in [-0.39, 0.29) is 37.6 Å². The molecule has 2 aliphatic rings. The first kappa shape index (κ1) is 23.7. The molecule has 1 aromatic rings. The molecule has 172 valence electrons. The van der Waals surface area contributed by atoms with Crippen molar-refractivity contribution in [2.24, 2.45) is 17.1 Å². The Kier molecular flexibility index (Phi) is 6.85. The number of primary amides is 1. The molecule has 32 heavy (non-hydrogen) atoms. The van der Waals surface area contributed by atoms with Gasteiger partial charge in [0.25, 0.3) is 0 Å². The van der Waals surface area contributed by atoms with Gasteiger partial charge in [0, 0.05) is 13.1 Å². The number of hydrogen-bond acceptors (Lipinski definition) is 8. The molecule has 1 heterocycles. The molecule has 3 rings (SSSR count). The molecular formula is C21H25N3O7S. The van der Waals surface area contributed by atoms with Gasteiger partial charge in [-0.15, -0.1) is 0 Å². The lowest BCUT2D eigenvalue weighted by molar-refractivity contribution is -0.167. The van der Waals surface area contributed by atoms with Crippen molar-refractivity contribution in [1.82, 2.24) is 4.90 Å². The van der Waals surface area contributed by atoms with Crippen LogP contribution in [0.25, 0.3) is 0 Å². The van der Waals surface area contributed by atoms with Crippen molar-refractivity contribution in [3.63, 3.8) is 0 Å². The van der Waals surface area contributed by atoms with Crippen molar-refractivity contribution in [3.05, 3.63) is 29.8 Å². The van der Waals surface area contributed by atoms with Crippen LogP contribution < -0.4 is 5.73 Å². The third-order valence-electron chi connectivity index (χ3n) is 6.09. The van der Waals surface area contributed by atoms with E-state index in [0.29, 0.717) is 0 Å².